The van der Waals surface area contributed by atoms with Gasteiger partial charge in [-0.2, -0.15) is 0 Å². The lowest BCUT2D eigenvalue weighted by Crippen LogP contribution is -2.25. The first-order valence-electron chi connectivity index (χ1n) is 7.36. The van der Waals surface area contributed by atoms with E-state index in [1.54, 1.807) is 0 Å². The molecule has 0 N–H and O–H groups in total. The molecule has 17 heavy (non-hydrogen) atoms. The summed E-state index contributed by atoms with van der Waals surface area (Å²) in [5.41, 5.74) is 0.451. The molecule has 2 saturated carbocycles. The van der Waals surface area contributed by atoms with Crippen LogP contribution >= 0.6 is 0 Å². The summed E-state index contributed by atoms with van der Waals surface area (Å²) in [6.07, 6.45) is 6.18. The zero-order valence-corrected chi connectivity index (χ0v) is 12.2. The van der Waals surface area contributed by atoms with Crippen LogP contribution in [-0.4, -0.2) is 5.78 Å². The second kappa shape index (κ2) is 4.10. The van der Waals surface area contributed by atoms with Gasteiger partial charge >= 0.3 is 0 Å². The standard InChI is InChI=1S/C16H28O/c1-6-11-8-7-9-12(10-11)13(17)14-15(2,3)16(14,4)5/h11-12,14H,6-10H2,1-5H3. The van der Waals surface area contributed by atoms with Crippen molar-refractivity contribution in [3.05, 3.63) is 0 Å². The van der Waals surface area contributed by atoms with Gasteiger partial charge in [-0.1, -0.05) is 53.9 Å². The first-order valence-corrected chi connectivity index (χ1v) is 7.36. The van der Waals surface area contributed by atoms with Crippen molar-refractivity contribution in [1.82, 2.24) is 0 Å². The highest BCUT2D eigenvalue weighted by atomic mass is 16.1. The summed E-state index contributed by atoms with van der Waals surface area (Å²) in [6, 6.07) is 0. The fourth-order valence-corrected chi connectivity index (χ4v) is 4.06. The number of Topliss-reactive ketones (excluding diaryl/α,β-unsaturated/α-hetero) is 1. The number of carbonyl (C=O) groups excluding carboxylic acids is 1. The first kappa shape index (κ1) is 13.1. The predicted octanol–water partition coefficient (Wildman–Crippen LogP) is 4.45. The van der Waals surface area contributed by atoms with Gasteiger partial charge in [0.2, 0.25) is 0 Å². The molecule has 2 aliphatic carbocycles. The fraction of sp³-hybridized carbons (Fsp3) is 0.938. The van der Waals surface area contributed by atoms with Gasteiger partial charge in [0.15, 0.2) is 0 Å². The third kappa shape index (κ3) is 1.96. The van der Waals surface area contributed by atoms with Gasteiger partial charge in [-0.25, -0.2) is 0 Å². The topological polar surface area (TPSA) is 17.1 Å². The Labute approximate surface area is 106 Å². The van der Waals surface area contributed by atoms with E-state index in [1.165, 1.54) is 19.3 Å². The van der Waals surface area contributed by atoms with Gasteiger partial charge in [-0.05, 0) is 29.6 Å². The molecule has 0 aliphatic heterocycles. The van der Waals surface area contributed by atoms with E-state index in [1.807, 2.05) is 0 Å². The van der Waals surface area contributed by atoms with Crippen LogP contribution in [0, 0.1) is 28.6 Å². The summed E-state index contributed by atoms with van der Waals surface area (Å²) in [6.45, 7) is 11.3. The van der Waals surface area contributed by atoms with E-state index in [0.717, 1.165) is 18.8 Å². The Balaban J connectivity index is 2.02. The monoisotopic (exact) mass is 236 g/mol. The van der Waals surface area contributed by atoms with Crippen LogP contribution in [0.2, 0.25) is 0 Å². The van der Waals surface area contributed by atoms with Crippen LogP contribution in [0.5, 0.6) is 0 Å². The molecule has 2 rings (SSSR count). The molecule has 0 bridgehead atoms. The third-order valence-electron chi connectivity index (χ3n) is 6.07. The van der Waals surface area contributed by atoms with Crippen molar-refractivity contribution in [1.29, 1.82) is 0 Å². The lowest BCUT2D eigenvalue weighted by molar-refractivity contribution is -0.126. The SMILES string of the molecule is CCC1CCCC(C(=O)C2C(C)(C)C2(C)C)C1. The number of hydrogen-bond donors (Lipinski definition) is 0. The summed E-state index contributed by atoms with van der Waals surface area (Å²) in [5, 5.41) is 0. The molecule has 0 aromatic heterocycles. The molecule has 0 amide bonds. The lowest BCUT2D eigenvalue weighted by Gasteiger charge is -2.28. The smallest absolute Gasteiger partial charge is 0.140 e. The zero-order chi connectivity index (χ0) is 12.8. The van der Waals surface area contributed by atoms with E-state index in [4.69, 9.17) is 0 Å². The molecule has 2 unspecified atom stereocenters. The van der Waals surface area contributed by atoms with E-state index in [0.29, 0.717) is 17.6 Å². The molecule has 2 fully saturated rings. The Kier molecular flexibility index (Phi) is 3.16. The highest BCUT2D eigenvalue weighted by Gasteiger charge is 2.68. The van der Waals surface area contributed by atoms with E-state index < -0.39 is 0 Å². The molecule has 0 saturated heterocycles. The molecule has 2 aliphatic rings. The second-order valence-corrected chi connectivity index (χ2v) is 7.42. The van der Waals surface area contributed by atoms with Gasteiger partial charge in [0.25, 0.3) is 0 Å². The van der Waals surface area contributed by atoms with Gasteiger partial charge in [0.05, 0.1) is 0 Å². The highest BCUT2D eigenvalue weighted by molar-refractivity contribution is 5.88. The van der Waals surface area contributed by atoms with Crippen molar-refractivity contribution in [2.45, 2.75) is 66.7 Å². The first-order chi connectivity index (χ1) is 7.82. The second-order valence-electron chi connectivity index (χ2n) is 7.42. The summed E-state index contributed by atoms with van der Waals surface area (Å²) < 4.78 is 0. The summed E-state index contributed by atoms with van der Waals surface area (Å²) >= 11 is 0. The average molecular weight is 236 g/mol. The number of ketones is 1. The van der Waals surface area contributed by atoms with Crippen molar-refractivity contribution in [2.75, 3.05) is 0 Å². The number of hydrogen-bond acceptors (Lipinski definition) is 1. The Hall–Kier alpha value is -0.330. The molecule has 1 heteroatoms. The van der Waals surface area contributed by atoms with Crippen molar-refractivity contribution < 1.29 is 4.79 Å². The molecule has 98 valence electrons. The lowest BCUT2D eigenvalue weighted by atomic mass is 9.76. The van der Waals surface area contributed by atoms with Crippen LogP contribution in [0.4, 0.5) is 0 Å². The molecule has 0 heterocycles. The molecule has 0 aromatic rings. The van der Waals surface area contributed by atoms with Gasteiger partial charge in [-0.3, -0.25) is 4.79 Å². The van der Waals surface area contributed by atoms with Gasteiger partial charge in [0, 0.05) is 11.8 Å². The highest BCUT2D eigenvalue weighted by Crippen LogP contribution is 2.69. The van der Waals surface area contributed by atoms with Crippen LogP contribution < -0.4 is 0 Å². The quantitative estimate of drug-likeness (QED) is 0.707. The van der Waals surface area contributed by atoms with Crippen molar-refractivity contribution in [2.24, 2.45) is 28.6 Å². The molecular formula is C16H28O. The molecule has 1 nitrogen and oxygen atoms in total. The van der Waals surface area contributed by atoms with E-state index in [9.17, 15) is 4.79 Å². The summed E-state index contributed by atoms with van der Waals surface area (Å²) in [7, 11) is 0. The minimum Gasteiger partial charge on any atom is -0.299 e. The maximum Gasteiger partial charge on any atom is 0.140 e. The number of carbonyl (C=O) groups is 1. The normalized spacial score (nSPS) is 35.6. The van der Waals surface area contributed by atoms with Crippen LogP contribution in [0.3, 0.4) is 0 Å². The maximum atomic E-state index is 12.7. The van der Waals surface area contributed by atoms with E-state index in [2.05, 4.69) is 34.6 Å². The van der Waals surface area contributed by atoms with E-state index in [-0.39, 0.29) is 10.8 Å². The van der Waals surface area contributed by atoms with Gasteiger partial charge in [-0.15, -0.1) is 0 Å². The van der Waals surface area contributed by atoms with Crippen LogP contribution in [0.15, 0.2) is 0 Å². The largest absolute Gasteiger partial charge is 0.299 e. The van der Waals surface area contributed by atoms with Gasteiger partial charge < -0.3 is 0 Å². The molecule has 0 aromatic carbocycles. The minimum atomic E-state index is 0.225. The van der Waals surface area contributed by atoms with Crippen LogP contribution in [0.25, 0.3) is 0 Å². The van der Waals surface area contributed by atoms with E-state index >= 15 is 0 Å². The average Bonchev–Trinajstić information content (AvgIpc) is 2.69. The minimum absolute atomic E-state index is 0.225. The zero-order valence-electron chi connectivity index (χ0n) is 12.2. The van der Waals surface area contributed by atoms with Crippen molar-refractivity contribution >= 4 is 5.78 Å². The Morgan fingerprint density at radius 3 is 2.18 bits per heavy atom. The van der Waals surface area contributed by atoms with Gasteiger partial charge in [0.1, 0.15) is 5.78 Å². The van der Waals surface area contributed by atoms with Crippen molar-refractivity contribution in [3.8, 4) is 0 Å². The third-order valence-corrected chi connectivity index (χ3v) is 6.07. The maximum absolute atomic E-state index is 12.7. The summed E-state index contributed by atoms with van der Waals surface area (Å²) in [5.74, 6) is 2.08. The molecular weight excluding hydrogens is 208 g/mol. The van der Waals surface area contributed by atoms with Crippen LogP contribution in [-0.2, 0) is 4.79 Å². The molecule has 2 atom stereocenters. The fourth-order valence-electron chi connectivity index (χ4n) is 4.06. The number of rotatable bonds is 3. The van der Waals surface area contributed by atoms with Crippen LogP contribution in [0.1, 0.15) is 66.7 Å². The predicted molar refractivity (Wildman–Crippen MR) is 71.8 cm³/mol. The Morgan fingerprint density at radius 1 is 1.12 bits per heavy atom. The molecule has 0 spiro atoms. The molecule has 0 radical (unpaired) electrons. The Morgan fingerprint density at radius 2 is 1.71 bits per heavy atom. The summed E-state index contributed by atoms with van der Waals surface area (Å²) in [4.78, 5) is 12.7. The van der Waals surface area contributed by atoms with Crippen molar-refractivity contribution in [3.63, 3.8) is 0 Å². The Bertz CT molecular complexity index is 299.